The SMILES string of the molecule is CCCOc1ccc(CNC2CCC(C(=O)O)CC2)cc1. The van der Waals surface area contributed by atoms with Crippen molar-refractivity contribution in [2.75, 3.05) is 6.61 Å². The van der Waals surface area contributed by atoms with Crippen molar-refractivity contribution in [1.82, 2.24) is 5.32 Å². The number of carbonyl (C=O) groups is 1. The summed E-state index contributed by atoms with van der Waals surface area (Å²) in [6, 6.07) is 8.63. The minimum Gasteiger partial charge on any atom is -0.494 e. The molecule has 0 amide bonds. The maximum Gasteiger partial charge on any atom is 0.306 e. The molecule has 0 heterocycles. The monoisotopic (exact) mass is 291 g/mol. The molecule has 0 radical (unpaired) electrons. The fourth-order valence-electron chi connectivity index (χ4n) is 2.73. The van der Waals surface area contributed by atoms with Crippen LogP contribution in [0.4, 0.5) is 0 Å². The highest BCUT2D eigenvalue weighted by Gasteiger charge is 2.25. The van der Waals surface area contributed by atoms with E-state index in [9.17, 15) is 4.79 Å². The van der Waals surface area contributed by atoms with E-state index < -0.39 is 5.97 Å². The Morgan fingerprint density at radius 3 is 2.48 bits per heavy atom. The van der Waals surface area contributed by atoms with Gasteiger partial charge in [-0.1, -0.05) is 19.1 Å². The lowest BCUT2D eigenvalue weighted by Gasteiger charge is -2.27. The summed E-state index contributed by atoms with van der Waals surface area (Å²) in [4.78, 5) is 10.9. The topological polar surface area (TPSA) is 58.6 Å². The molecular formula is C17H25NO3. The molecule has 1 aliphatic carbocycles. The van der Waals surface area contributed by atoms with Gasteiger partial charge in [0.05, 0.1) is 12.5 Å². The van der Waals surface area contributed by atoms with Crippen molar-refractivity contribution in [3.8, 4) is 5.75 Å². The predicted molar refractivity (Wildman–Crippen MR) is 82.4 cm³/mol. The molecule has 0 bridgehead atoms. The van der Waals surface area contributed by atoms with Crippen LogP contribution in [0.15, 0.2) is 24.3 Å². The number of benzene rings is 1. The molecule has 2 N–H and O–H groups in total. The van der Waals surface area contributed by atoms with Crippen molar-refractivity contribution in [2.45, 2.75) is 51.6 Å². The van der Waals surface area contributed by atoms with Crippen LogP contribution in [0.2, 0.25) is 0 Å². The van der Waals surface area contributed by atoms with E-state index in [0.29, 0.717) is 6.04 Å². The summed E-state index contributed by atoms with van der Waals surface area (Å²) >= 11 is 0. The van der Waals surface area contributed by atoms with Gasteiger partial charge < -0.3 is 15.2 Å². The van der Waals surface area contributed by atoms with E-state index in [-0.39, 0.29) is 5.92 Å². The van der Waals surface area contributed by atoms with Gasteiger partial charge in [0, 0.05) is 12.6 Å². The van der Waals surface area contributed by atoms with Crippen LogP contribution in [0.3, 0.4) is 0 Å². The highest BCUT2D eigenvalue weighted by molar-refractivity contribution is 5.70. The molecule has 116 valence electrons. The number of rotatable bonds is 7. The maximum atomic E-state index is 10.9. The highest BCUT2D eigenvalue weighted by atomic mass is 16.5. The molecule has 0 unspecified atom stereocenters. The second-order valence-electron chi connectivity index (χ2n) is 5.76. The molecule has 1 saturated carbocycles. The predicted octanol–water partition coefficient (Wildman–Crippen LogP) is 3.21. The third-order valence-corrected chi connectivity index (χ3v) is 4.07. The number of hydrogen-bond donors (Lipinski definition) is 2. The smallest absolute Gasteiger partial charge is 0.306 e. The quantitative estimate of drug-likeness (QED) is 0.810. The molecule has 4 nitrogen and oxygen atoms in total. The fourth-order valence-corrected chi connectivity index (χ4v) is 2.73. The molecule has 1 aliphatic rings. The van der Waals surface area contributed by atoms with Crippen LogP contribution in [0.25, 0.3) is 0 Å². The van der Waals surface area contributed by atoms with Crippen molar-refractivity contribution in [3.63, 3.8) is 0 Å². The lowest BCUT2D eigenvalue weighted by atomic mass is 9.86. The molecule has 0 aliphatic heterocycles. The average molecular weight is 291 g/mol. The summed E-state index contributed by atoms with van der Waals surface area (Å²) < 4.78 is 5.56. The summed E-state index contributed by atoms with van der Waals surface area (Å²) in [5, 5.41) is 12.5. The van der Waals surface area contributed by atoms with Crippen LogP contribution in [0, 0.1) is 5.92 Å². The minimum absolute atomic E-state index is 0.141. The number of aliphatic carboxylic acids is 1. The Hall–Kier alpha value is -1.55. The third-order valence-electron chi connectivity index (χ3n) is 4.07. The maximum absolute atomic E-state index is 10.9. The average Bonchev–Trinajstić information content (AvgIpc) is 2.52. The molecule has 21 heavy (non-hydrogen) atoms. The van der Waals surface area contributed by atoms with Crippen LogP contribution in [0.5, 0.6) is 5.75 Å². The zero-order chi connectivity index (χ0) is 15.1. The van der Waals surface area contributed by atoms with Crippen LogP contribution >= 0.6 is 0 Å². The van der Waals surface area contributed by atoms with Gasteiger partial charge in [-0.15, -0.1) is 0 Å². The molecule has 0 atom stereocenters. The van der Waals surface area contributed by atoms with Gasteiger partial charge >= 0.3 is 5.97 Å². The molecule has 1 aromatic rings. The van der Waals surface area contributed by atoms with Gasteiger partial charge in [0.1, 0.15) is 5.75 Å². The van der Waals surface area contributed by atoms with Crippen molar-refractivity contribution in [2.24, 2.45) is 5.92 Å². The van der Waals surface area contributed by atoms with E-state index >= 15 is 0 Å². The Labute approximate surface area is 126 Å². The zero-order valence-electron chi connectivity index (χ0n) is 12.7. The Morgan fingerprint density at radius 1 is 1.24 bits per heavy atom. The van der Waals surface area contributed by atoms with Gasteiger partial charge in [0.2, 0.25) is 0 Å². The van der Waals surface area contributed by atoms with Crippen LogP contribution in [0.1, 0.15) is 44.6 Å². The zero-order valence-corrected chi connectivity index (χ0v) is 12.7. The van der Waals surface area contributed by atoms with Crippen molar-refractivity contribution in [1.29, 1.82) is 0 Å². The lowest BCUT2D eigenvalue weighted by molar-refractivity contribution is -0.142. The van der Waals surface area contributed by atoms with Crippen molar-refractivity contribution < 1.29 is 14.6 Å². The van der Waals surface area contributed by atoms with Crippen molar-refractivity contribution in [3.05, 3.63) is 29.8 Å². The summed E-state index contributed by atoms with van der Waals surface area (Å²) in [6.07, 6.45) is 4.50. The summed E-state index contributed by atoms with van der Waals surface area (Å²) in [5.41, 5.74) is 1.24. The van der Waals surface area contributed by atoms with E-state index in [0.717, 1.165) is 51.0 Å². The molecule has 1 aromatic carbocycles. The van der Waals surface area contributed by atoms with Gasteiger partial charge in [-0.05, 0) is 49.8 Å². The first-order chi connectivity index (χ1) is 10.2. The second-order valence-corrected chi connectivity index (χ2v) is 5.76. The summed E-state index contributed by atoms with van der Waals surface area (Å²) in [5.74, 6) is 0.136. The van der Waals surface area contributed by atoms with E-state index in [4.69, 9.17) is 9.84 Å². The lowest BCUT2D eigenvalue weighted by Crippen LogP contribution is -2.34. The number of carboxylic acid groups (broad SMARTS) is 1. The first kappa shape index (κ1) is 15.8. The van der Waals surface area contributed by atoms with Crippen LogP contribution in [-0.2, 0) is 11.3 Å². The minimum atomic E-state index is -0.642. The van der Waals surface area contributed by atoms with E-state index in [1.807, 2.05) is 12.1 Å². The number of hydrogen-bond acceptors (Lipinski definition) is 3. The molecular weight excluding hydrogens is 266 g/mol. The van der Waals surface area contributed by atoms with Crippen molar-refractivity contribution >= 4 is 5.97 Å². The van der Waals surface area contributed by atoms with Gasteiger partial charge in [0.25, 0.3) is 0 Å². The number of nitrogens with one attached hydrogen (secondary N) is 1. The van der Waals surface area contributed by atoms with Gasteiger partial charge in [-0.2, -0.15) is 0 Å². The Kier molecular flexibility index (Phi) is 6.05. The second kappa shape index (κ2) is 8.03. The van der Waals surface area contributed by atoms with Crippen LogP contribution < -0.4 is 10.1 Å². The standard InChI is InChI=1S/C17H25NO3/c1-2-11-21-16-9-3-13(4-10-16)12-18-15-7-5-14(6-8-15)17(19)20/h3-4,9-10,14-15,18H,2,5-8,11-12H2,1H3,(H,19,20). The van der Waals surface area contributed by atoms with E-state index in [1.54, 1.807) is 0 Å². The molecule has 0 saturated heterocycles. The van der Waals surface area contributed by atoms with Crippen LogP contribution in [-0.4, -0.2) is 23.7 Å². The Morgan fingerprint density at radius 2 is 1.90 bits per heavy atom. The molecule has 4 heteroatoms. The molecule has 0 spiro atoms. The Balaban J connectivity index is 1.72. The summed E-state index contributed by atoms with van der Waals surface area (Å²) in [7, 11) is 0. The third kappa shape index (κ3) is 5.05. The largest absolute Gasteiger partial charge is 0.494 e. The fraction of sp³-hybridized carbons (Fsp3) is 0.588. The highest BCUT2D eigenvalue weighted by Crippen LogP contribution is 2.24. The first-order valence-corrected chi connectivity index (χ1v) is 7.87. The van der Waals surface area contributed by atoms with E-state index in [1.165, 1.54) is 5.56 Å². The molecule has 0 aromatic heterocycles. The van der Waals surface area contributed by atoms with Gasteiger partial charge in [-0.25, -0.2) is 0 Å². The molecule has 2 rings (SSSR count). The number of carboxylic acids is 1. The molecule has 1 fully saturated rings. The van der Waals surface area contributed by atoms with Gasteiger partial charge in [-0.3, -0.25) is 4.79 Å². The number of ether oxygens (including phenoxy) is 1. The van der Waals surface area contributed by atoms with Gasteiger partial charge in [0.15, 0.2) is 0 Å². The Bertz CT molecular complexity index is 436. The normalized spacial score (nSPS) is 22.0. The first-order valence-electron chi connectivity index (χ1n) is 7.87. The van der Waals surface area contributed by atoms with E-state index in [2.05, 4.69) is 24.4 Å². The summed E-state index contributed by atoms with van der Waals surface area (Å²) in [6.45, 7) is 3.68.